The Labute approximate surface area is 102 Å². The number of hydrogen-bond acceptors (Lipinski definition) is 2. The van der Waals surface area contributed by atoms with Crippen molar-refractivity contribution in [1.29, 1.82) is 0 Å². The van der Waals surface area contributed by atoms with Gasteiger partial charge in [-0.25, -0.2) is 0 Å². The maximum atomic E-state index is 5.75. The fourth-order valence-corrected chi connectivity index (χ4v) is 2.31. The van der Waals surface area contributed by atoms with Gasteiger partial charge in [-0.2, -0.15) is 11.8 Å². The lowest BCUT2D eigenvalue weighted by Gasteiger charge is -2.26. The lowest BCUT2D eigenvalue weighted by Crippen LogP contribution is -2.30. The molecule has 1 aromatic rings. The average molecular weight is 244 g/mol. The fraction of sp³-hybridized carbons (Fsp3) is 0.500. The molecule has 3 heteroatoms. The summed E-state index contributed by atoms with van der Waals surface area (Å²) in [6.07, 6.45) is 2.14. The van der Waals surface area contributed by atoms with E-state index >= 15 is 0 Å². The molecule has 0 spiro atoms. The van der Waals surface area contributed by atoms with Crippen LogP contribution in [0.3, 0.4) is 0 Å². The van der Waals surface area contributed by atoms with Crippen molar-refractivity contribution in [3.63, 3.8) is 0 Å². The van der Waals surface area contributed by atoms with Crippen molar-refractivity contribution in [2.75, 3.05) is 24.0 Å². The number of rotatable bonds is 5. The normalized spacial score (nSPS) is 12.5. The lowest BCUT2D eigenvalue weighted by molar-refractivity contribution is 0.765. The Balaban J connectivity index is 2.69. The minimum Gasteiger partial charge on any atom is -0.371 e. The summed E-state index contributed by atoms with van der Waals surface area (Å²) >= 11 is 7.63. The zero-order valence-electron chi connectivity index (χ0n) is 9.53. The molecule has 0 heterocycles. The van der Waals surface area contributed by atoms with E-state index in [1.807, 2.05) is 11.8 Å². The number of thioether (sulfide) groups is 1. The molecule has 0 aliphatic carbocycles. The van der Waals surface area contributed by atoms with Crippen molar-refractivity contribution < 1.29 is 0 Å². The first-order valence-corrected chi connectivity index (χ1v) is 6.98. The smallest absolute Gasteiger partial charge is 0.0474 e. The van der Waals surface area contributed by atoms with E-state index in [0.717, 1.165) is 5.75 Å². The van der Waals surface area contributed by atoms with Crippen LogP contribution in [0.25, 0.3) is 0 Å². The van der Waals surface area contributed by atoms with Gasteiger partial charge in [0.2, 0.25) is 0 Å². The summed E-state index contributed by atoms with van der Waals surface area (Å²) in [5.41, 5.74) is 2.43. The molecule has 0 aromatic heterocycles. The second kappa shape index (κ2) is 6.29. The van der Waals surface area contributed by atoms with Crippen LogP contribution < -0.4 is 4.90 Å². The number of halogens is 1. The van der Waals surface area contributed by atoms with Crippen molar-refractivity contribution in [3.05, 3.63) is 29.8 Å². The minimum atomic E-state index is 0.557. The van der Waals surface area contributed by atoms with Gasteiger partial charge in [0.25, 0.3) is 0 Å². The van der Waals surface area contributed by atoms with Gasteiger partial charge in [-0.15, -0.1) is 11.6 Å². The molecular weight excluding hydrogens is 226 g/mol. The molecule has 0 aliphatic heterocycles. The largest absolute Gasteiger partial charge is 0.371 e. The molecule has 1 atom stereocenters. The molecular formula is C12H18ClNS. The first kappa shape index (κ1) is 12.7. The fourth-order valence-electron chi connectivity index (χ4n) is 1.43. The van der Waals surface area contributed by atoms with E-state index in [-0.39, 0.29) is 0 Å². The first-order valence-electron chi connectivity index (χ1n) is 5.05. The minimum absolute atomic E-state index is 0.557. The molecule has 0 saturated heterocycles. The molecule has 1 rings (SSSR count). The maximum Gasteiger partial charge on any atom is 0.0474 e. The highest BCUT2D eigenvalue weighted by molar-refractivity contribution is 7.98. The number of hydrogen-bond donors (Lipinski definition) is 0. The molecule has 0 fully saturated rings. The van der Waals surface area contributed by atoms with Crippen molar-refractivity contribution in [2.45, 2.75) is 18.8 Å². The lowest BCUT2D eigenvalue weighted by atomic mass is 10.2. The maximum absolute atomic E-state index is 5.75. The Hall–Kier alpha value is -0.340. The molecule has 1 nitrogen and oxygen atoms in total. The van der Waals surface area contributed by atoms with Gasteiger partial charge in [0.15, 0.2) is 0 Å². The Morgan fingerprint density at radius 2 is 1.93 bits per heavy atom. The molecule has 15 heavy (non-hydrogen) atoms. The topological polar surface area (TPSA) is 3.24 Å². The second-order valence-corrected chi connectivity index (χ2v) is 4.89. The van der Waals surface area contributed by atoms with E-state index in [1.54, 1.807) is 0 Å². The van der Waals surface area contributed by atoms with Crippen LogP contribution in [0.15, 0.2) is 24.3 Å². The summed E-state index contributed by atoms with van der Waals surface area (Å²) in [6, 6.07) is 9.00. The van der Waals surface area contributed by atoms with Crippen LogP contribution in [0.1, 0.15) is 12.5 Å². The van der Waals surface area contributed by atoms with Crippen molar-refractivity contribution >= 4 is 29.1 Å². The number of nitrogens with zero attached hydrogens (tertiary/aromatic N) is 1. The van der Waals surface area contributed by atoms with Gasteiger partial charge in [0.05, 0.1) is 0 Å². The van der Waals surface area contributed by atoms with Gasteiger partial charge < -0.3 is 4.90 Å². The van der Waals surface area contributed by atoms with Crippen LogP contribution in [0, 0.1) is 0 Å². The highest BCUT2D eigenvalue weighted by Gasteiger charge is 2.08. The molecule has 0 aliphatic rings. The van der Waals surface area contributed by atoms with Crippen LogP contribution in [0.2, 0.25) is 0 Å². The zero-order chi connectivity index (χ0) is 11.3. The van der Waals surface area contributed by atoms with E-state index in [4.69, 9.17) is 11.6 Å². The summed E-state index contributed by atoms with van der Waals surface area (Å²) in [4.78, 5) is 2.30. The van der Waals surface area contributed by atoms with Crippen LogP contribution in [0.4, 0.5) is 5.69 Å². The van der Waals surface area contributed by atoms with E-state index in [0.29, 0.717) is 11.9 Å². The van der Waals surface area contributed by atoms with Crippen molar-refractivity contribution in [3.8, 4) is 0 Å². The second-order valence-electron chi connectivity index (χ2n) is 3.72. The van der Waals surface area contributed by atoms with Crippen LogP contribution in [-0.4, -0.2) is 25.1 Å². The first-order chi connectivity index (χ1) is 7.19. The van der Waals surface area contributed by atoms with Gasteiger partial charge >= 0.3 is 0 Å². The Morgan fingerprint density at radius 1 is 1.33 bits per heavy atom. The van der Waals surface area contributed by atoms with Gasteiger partial charge in [0, 0.05) is 30.4 Å². The number of benzene rings is 1. The standard InChI is InChI=1S/C12H18ClNS/c1-10(9-15-3)14(2)12-6-4-11(8-13)5-7-12/h4-7,10H,8-9H2,1-3H3. The quantitative estimate of drug-likeness (QED) is 0.727. The predicted octanol–water partition coefficient (Wildman–Crippen LogP) is 3.61. The van der Waals surface area contributed by atoms with Gasteiger partial charge in [-0.3, -0.25) is 0 Å². The highest BCUT2D eigenvalue weighted by atomic mass is 35.5. The van der Waals surface area contributed by atoms with Crippen molar-refractivity contribution in [1.82, 2.24) is 0 Å². The van der Waals surface area contributed by atoms with E-state index in [9.17, 15) is 0 Å². The average Bonchev–Trinajstić information content (AvgIpc) is 2.28. The summed E-state index contributed by atoms with van der Waals surface area (Å²) in [5.74, 6) is 1.73. The van der Waals surface area contributed by atoms with E-state index in [1.165, 1.54) is 11.3 Å². The third kappa shape index (κ3) is 3.62. The SMILES string of the molecule is CSCC(C)N(C)c1ccc(CCl)cc1. The molecule has 0 radical (unpaired) electrons. The third-order valence-corrected chi connectivity index (χ3v) is 3.69. The monoisotopic (exact) mass is 243 g/mol. The van der Waals surface area contributed by atoms with Gasteiger partial charge in [-0.05, 0) is 30.9 Å². The third-order valence-electron chi connectivity index (χ3n) is 2.57. The van der Waals surface area contributed by atoms with Crippen LogP contribution in [0.5, 0.6) is 0 Å². The Morgan fingerprint density at radius 3 is 2.40 bits per heavy atom. The Bertz CT molecular complexity index is 286. The van der Waals surface area contributed by atoms with Crippen LogP contribution >= 0.6 is 23.4 Å². The number of alkyl halides is 1. The molecule has 1 aromatic carbocycles. The molecule has 0 saturated carbocycles. The summed E-state index contributed by atoms with van der Waals surface area (Å²) in [5, 5.41) is 0. The molecule has 0 N–H and O–H groups in total. The van der Waals surface area contributed by atoms with Crippen molar-refractivity contribution in [2.24, 2.45) is 0 Å². The predicted molar refractivity (Wildman–Crippen MR) is 72.2 cm³/mol. The zero-order valence-corrected chi connectivity index (χ0v) is 11.1. The molecule has 1 unspecified atom stereocenters. The summed E-state index contributed by atoms with van der Waals surface area (Å²) in [6.45, 7) is 2.24. The molecule has 84 valence electrons. The van der Waals surface area contributed by atoms with Crippen LogP contribution in [-0.2, 0) is 5.88 Å². The summed E-state index contributed by atoms with van der Waals surface area (Å²) in [7, 11) is 2.14. The Kier molecular flexibility index (Phi) is 5.34. The highest BCUT2D eigenvalue weighted by Crippen LogP contribution is 2.18. The summed E-state index contributed by atoms with van der Waals surface area (Å²) < 4.78 is 0. The molecule has 0 amide bonds. The van der Waals surface area contributed by atoms with E-state index in [2.05, 4.69) is 49.4 Å². The molecule has 0 bridgehead atoms. The number of anilines is 1. The van der Waals surface area contributed by atoms with Gasteiger partial charge in [0.1, 0.15) is 0 Å². The van der Waals surface area contributed by atoms with E-state index < -0.39 is 0 Å². The van der Waals surface area contributed by atoms with Gasteiger partial charge in [-0.1, -0.05) is 12.1 Å².